The molecule has 2 aromatic carbocycles. The number of fused-ring (bicyclic) bond motifs is 1. The van der Waals surface area contributed by atoms with Crippen LogP contribution in [-0.4, -0.2) is 8.42 Å². The van der Waals surface area contributed by atoms with Gasteiger partial charge in [0.1, 0.15) is 0 Å². The number of halogens is 1. The van der Waals surface area contributed by atoms with Crippen LogP contribution in [0.3, 0.4) is 0 Å². The maximum absolute atomic E-state index is 11.3. The molecule has 0 aliphatic carbocycles. The van der Waals surface area contributed by atoms with Gasteiger partial charge in [-0.05, 0) is 16.3 Å². The molecule has 0 radical (unpaired) electrons. The lowest BCUT2D eigenvalue weighted by molar-refractivity contribution is 0.605. The molecule has 2 rings (SSSR count). The number of hydrogen-bond donors (Lipinski definition) is 0. The van der Waals surface area contributed by atoms with Gasteiger partial charge in [-0.15, -0.1) is 0 Å². The third-order valence-corrected chi connectivity index (χ3v) is 3.96. The van der Waals surface area contributed by atoms with Crippen LogP contribution in [0.25, 0.3) is 10.8 Å². The summed E-state index contributed by atoms with van der Waals surface area (Å²) in [5, 5.41) is 9.23. The summed E-state index contributed by atoms with van der Waals surface area (Å²) in [6, 6.07) is 14.2. The van der Waals surface area contributed by atoms with Gasteiger partial charge in [-0.1, -0.05) is 42.5 Å². The van der Waals surface area contributed by atoms with Crippen LogP contribution in [0.5, 0.6) is 0 Å². The molecule has 0 spiro atoms. The van der Waals surface area contributed by atoms with Crippen molar-refractivity contribution in [2.24, 2.45) is 0 Å². The molecule has 0 aromatic heterocycles. The fraction of sp³-hybridized carbons (Fsp3) is 0.0833. The fourth-order valence-corrected chi connectivity index (χ4v) is 2.81. The monoisotopic (exact) mass is 265 g/mol. The molecule has 0 bridgehead atoms. The summed E-state index contributed by atoms with van der Waals surface area (Å²) in [4.78, 5) is 0. The number of rotatable bonds is 2. The van der Waals surface area contributed by atoms with Crippen molar-refractivity contribution < 1.29 is 8.42 Å². The minimum Gasteiger partial charge on any atom is -0.210 e. The van der Waals surface area contributed by atoms with E-state index in [2.05, 4.69) is 0 Å². The lowest BCUT2D eigenvalue weighted by atomic mass is 10.0. The molecule has 3 nitrogen and oxygen atoms in total. The van der Waals surface area contributed by atoms with Gasteiger partial charge >= 0.3 is 0 Å². The van der Waals surface area contributed by atoms with Crippen molar-refractivity contribution in [3.63, 3.8) is 0 Å². The van der Waals surface area contributed by atoms with Crippen LogP contribution in [0, 0.1) is 11.3 Å². The van der Waals surface area contributed by atoms with Gasteiger partial charge in [0.05, 0.1) is 6.07 Å². The number of nitriles is 1. The van der Waals surface area contributed by atoms with E-state index in [1.54, 1.807) is 30.3 Å². The summed E-state index contributed by atoms with van der Waals surface area (Å²) in [7, 11) is 1.34. The van der Waals surface area contributed by atoms with Crippen molar-refractivity contribution in [1.29, 1.82) is 5.26 Å². The Hall–Kier alpha value is -1.57. The van der Waals surface area contributed by atoms with Crippen LogP contribution in [0.15, 0.2) is 42.5 Å². The van der Waals surface area contributed by atoms with Crippen molar-refractivity contribution in [2.45, 2.75) is 5.25 Å². The third-order valence-electron chi connectivity index (χ3n) is 2.50. The molecule has 5 heteroatoms. The van der Waals surface area contributed by atoms with Crippen LogP contribution in [0.4, 0.5) is 0 Å². The normalized spacial score (nSPS) is 13.2. The zero-order valence-corrected chi connectivity index (χ0v) is 10.2. The van der Waals surface area contributed by atoms with E-state index in [1.807, 2.05) is 18.2 Å². The molecule has 0 aliphatic heterocycles. The Bertz CT molecular complexity index is 699. The Balaban J connectivity index is 2.76. The third kappa shape index (κ3) is 2.26. The van der Waals surface area contributed by atoms with Crippen LogP contribution in [0.1, 0.15) is 10.8 Å². The standard InChI is InChI=1S/C12H8ClNO2S/c13-17(15,16)12(8-14)11-7-3-5-9-4-1-2-6-10(9)11/h1-7,12H. The second-order valence-corrected chi connectivity index (χ2v) is 6.27. The SMILES string of the molecule is N#CC(c1cccc2ccccc12)S(=O)(=O)Cl. The van der Waals surface area contributed by atoms with Crippen molar-refractivity contribution >= 4 is 30.5 Å². The average molecular weight is 266 g/mol. The molecule has 0 amide bonds. The predicted molar refractivity (Wildman–Crippen MR) is 67.1 cm³/mol. The minimum absolute atomic E-state index is 0.417. The van der Waals surface area contributed by atoms with Gasteiger partial charge in [-0.2, -0.15) is 5.26 Å². The Morgan fingerprint density at radius 1 is 1.12 bits per heavy atom. The second kappa shape index (κ2) is 4.36. The molecule has 1 atom stereocenters. The maximum atomic E-state index is 11.3. The highest BCUT2D eigenvalue weighted by molar-refractivity contribution is 8.14. The van der Waals surface area contributed by atoms with Crippen LogP contribution < -0.4 is 0 Å². The molecule has 2 aromatic rings. The predicted octanol–water partition coefficient (Wildman–Crippen LogP) is 2.97. The van der Waals surface area contributed by atoms with E-state index in [1.165, 1.54) is 0 Å². The minimum atomic E-state index is -3.95. The fourth-order valence-electron chi connectivity index (χ4n) is 1.76. The first kappa shape index (κ1) is 11.9. The van der Waals surface area contributed by atoms with Crippen molar-refractivity contribution in [3.05, 3.63) is 48.0 Å². The number of nitrogens with zero attached hydrogens (tertiary/aromatic N) is 1. The van der Waals surface area contributed by atoms with Crippen molar-refractivity contribution in [1.82, 2.24) is 0 Å². The molecule has 0 heterocycles. The Kier molecular flexibility index (Phi) is 3.05. The molecule has 0 saturated heterocycles. The highest BCUT2D eigenvalue weighted by Crippen LogP contribution is 2.30. The first-order chi connectivity index (χ1) is 8.04. The van der Waals surface area contributed by atoms with Crippen LogP contribution in [0.2, 0.25) is 0 Å². The van der Waals surface area contributed by atoms with Crippen LogP contribution in [-0.2, 0) is 9.05 Å². The molecular formula is C12H8ClNO2S. The number of hydrogen-bond acceptors (Lipinski definition) is 3. The first-order valence-corrected chi connectivity index (χ1v) is 7.22. The quantitative estimate of drug-likeness (QED) is 0.785. The summed E-state index contributed by atoms with van der Waals surface area (Å²) >= 11 is 0. The van der Waals surface area contributed by atoms with E-state index < -0.39 is 14.3 Å². The number of benzene rings is 2. The molecule has 0 fully saturated rings. The molecular weight excluding hydrogens is 258 g/mol. The van der Waals surface area contributed by atoms with E-state index in [0.717, 1.165) is 10.8 Å². The molecule has 1 unspecified atom stereocenters. The summed E-state index contributed by atoms with van der Waals surface area (Å²) in [6.07, 6.45) is 0. The van der Waals surface area contributed by atoms with Gasteiger partial charge in [0.25, 0.3) is 9.05 Å². The van der Waals surface area contributed by atoms with Gasteiger partial charge < -0.3 is 0 Å². The lowest BCUT2D eigenvalue weighted by Gasteiger charge is -2.09. The highest BCUT2D eigenvalue weighted by Gasteiger charge is 2.26. The van der Waals surface area contributed by atoms with Gasteiger partial charge in [-0.3, -0.25) is 0 Å². The largest absolute Gasteiger partial charge is 0.253 e. The van der Waals surface area contributed by atoms with Gasteiger partial charge in [-0.25, -0.2) is 8.42 Å². The summed E-state index contributed by atoms with van der Waals surface area (Å²) in [6.45, 7) is 0. The van der Waals surface area contributed by atoms with Gasteiger partial charge in [0, 0.05) is 10.7 Å². The Morgan fingerprint density at radius 3 is 2.41 bits per heavy atom. The Morgan fingerprint density at radius 2 is 1.76 bits per heavy atom. The maximum Gasteiger partial charge on any atom is 0.253 e. The zero-order chi connectivity index (χ0) is 12.5. The first-order valence-electron chi connectivity index (χ1n) is 4.85. The zero-order valence-electron chi connectivity index (χ0n) is 8.67. The Labute approximate surface area is 104 Å². The second-order valence-electron chi connectivity index (χ2n) is 3.55. The summed E-state index contributed by atoms with van der Waals surface area (Å²) in [5.74, 6) is 0. The summed E-state index contributed by atoms with van der Waals surface area (Å²) in [5.41, 5.74) is 0.417. The van der Waals surface area contributed by atoms with Gasteiger partial charge in [0.2, 0.25) is 0 Å². The van der Waals surface area contributed by atoms with E-state index in [9.17, 15) is 8.42 Å². The molecule has 0 aliphatic rings. The average Bonchev–Trinajstić information content (AvgIpc) is 2.28. The highest BCUT2D eigenvalue weighted by atomic mass is 35.7. The van der Waals surface area contributed by atoms with Crippen LogP contribution >= 0.6 is 10.7 Å². The van der Waals surface area contributed by atoms with E-state index in [4.69, 9.17) is 15.9 Å². The van der Waals surface area contributed by atoms with Crippen molar-refractivity contribution in [2.75, 3.05) is 0 Å². The smallest absolute Gasteiger partial charge is 0.210 e. The van der Waals surface area contributed by atoms with Crippen molar-refractivity contribution in [3.8, 4) is 6.07 Å². The molecule has 0 saturated carbocycles. The molecule has 17 heavy (non-hydrogen) atoms. The topological polar surface area (TPSA) is 57.9 Å². The summed E-state index contributed by atoms with van der Waals surface area (Å²) < 4.78 is 22.7. The van der Waals surface area contributed by atoms with E-state index in [-0.39, 0.29) is 0 Å². The lowest BCUT2D eigenvalue weighted by Crippen LogP contribution is -2.05. The van der Waals surface area contributed by atoms with Gasteiger partial charge in [0.15, 0.2) is 5.25 Å². The van der Waals surface area contributed by atoms with E-state index in [0.29, 0.717) is 5.56 Å². The molecule has 86 valence electrons. The molecule has 0 N–H and O–H groups in total. The van der Waals surface area contributed by atoms with E-state index >= 15 is 0 Å².